The second-order valence-electron chi connectivity index (χ2n) is 3.87. The van der Waals surface area contributed by atoms with Gasteiger partial charge in [0.2, 0.25) is 0 Å². The third kappa shape index (κ3) is 2.23. The van der Waals surface area contributed by atoms with Gasteiger partial charge in [-0.25, -0.2) is 4.39 Å². The number of fused-ring (bicyclic) bond motifs is 1. The molecule has 1 unspecified atom stereocenters. The predicted molar refractivity (Wildman–Crippen MR) is 61.6 cm³/mol. The molecule has 0 radical (unpaired) electrons. The van der Waals surface area contributed by atoms with Crippen LogP contribution in [0.15, 0.2) is 33.7 Å². The summed E-state index contributed by atoms with van der Waals surface area (Å²) in [5.41, 5.74) is 5.33. The lowest BCUT2D eigenvalue weighted by Gasteiger charge is -2.08. The molecule has 0 amide bonds. The Kier molecular flexibility index (Phi) is 3.12. The first-order valence-corrected chi connectivity index (χ1v) is 5.17. The number of aliphatic carboxylic acids is 1. The second kappa shape index (κ2) is 4.58. The molecule has 1 atom stereocenters. The molecule has 1 aromatic heterocycles. The number of carboxylic acids is 1. The zero-order valence-electron chi connectivity index (χ0n) is 9.22. The predicted octanol–water partition coefficient (Wildman–Crippen LogP) is 1.41. The van der Waals surface area contributed by atoms with Crippen molar-refractivity contribution in [3.05, 3.63) is 46.1 Å². The number of hydrogen-bond donors (Lipinski definition) is 2. The SMILES string of the molecule is NC(CC(=O)O)c1coc2ccc(F)cc2c1=O. The van der Waals surface area contributed by atoms with E-state index in [9.17, 15) is 14.0 Å². The highest BCUT2D eigenvalue weighted by Gasteiger charge is 2.17. The van der Waals surface area contributed by atoms with Crippen molar-refractivity contribution in [2.24, 2.45) is 5.73 Å². The fourth-order valence-corrected chi connectivity index (χ4v) is 1.67. The Morgan fingerprint density at radius 1 is 1.50 bits per heavy atom. The van der Waals surface area contributed by atoms with Crippen molar-refractivity contribution in [3.8, 4) is 0 Å². The van der Waals surface area contributed by atoms with Gasteiger partial charge < -0.3 is 15.3 Å². The molecule has 2 rings (SSSR count). The monoisotopic (exact) mass is 251 g/mol. The largest absolute Gasteiger partial charge is 0.481 e. The summed E-state index contributed by atoms with van der Waals surface area (Å²) in [6.07, 6.45) is 0.724. The van der Waals surface area contributed by atoms with E-state index < -0.39 is 29.7 Å². The minimum Gasteiger partial charge on any atom is -0.481 e. The summed E-state index contributed by atoms with van der Waals surface area (Å²) in [4.78, 5) is 22.5. The number of benzene rings is 1. The van der Waals surface area contributed by atoms with Gasteiger partial charge in [0, 0.05) is 6.04 Å². The van der Waals surface area contributed by atoms with Gasteiger partial charge in [0.1, 0.15) is 11.4 Å². The first-order chi connectivity index (χ1) is 8.49. The Balaban J connectivity index is 2.57. The molecule has 0 aliphatic carbocycles. The van der Waals surface area contributed by atoms with Gasteiger partial charge in [0.25, 0.3) is 0 Å². The van der Waals surface area contributed by atoms with E-state index in [0.29, 0.717) is 0 Å². The van der Waals surface area contributed by atoms with Crippen LogP contribution < -0.4 is 11.2 Å². The van der Waals surface area contributed by atoms with Crippen molar-refractivity contribution in [2.45, 2.75) is 12.5 Å². The van der Waals surface area contributed by atoms with Gasteiger partial charge in [0.05, 0.1) is 23.6 Å². The first-order valence-electron chi connectivity index (χ1n) is 5.17. The number of halogens is 1. The Labute approximate surface area is 101 Å². The van der Waals surface area contributed by atoms with Crippen LogP contribution >= 0.6 is 0 Å². The van der Waals surface area contributed by atoms with E-state index in [0.717, 1.165) is 12.3 Å². The summed E-state index contributed by atoms with van der Waals surface area (Å²) in [6, 6.07) is 2.56. The van der Waals surface area contributed by atoms with Crippen LogP contribution in [0.1, 0.15) is 18.0 Å². The fraction of sp³-hybridized carbons (Fsp3) is 0.167. The number of hydrogen-bond acceptors (Lipinski definition) is 4. The fourth-order valence-electron chi connectivity index (χ4n) is 1.67. The second-order valence-corrected chi connectivity index (χ2v) is 3.87. The van der Waals surface area contributed by atoms with Crippen LogP contribution in [-0.4, -0.2) is 11.1 Å². The minimum atomic E-state index is -1.12. The molecule has 3 N–H and O–H groups in total. The molecule has 0 saturated heterocycles. The van der Waals surface area contributed by atoms with E-state index in [4.69, 9.17) is 15.3 Å². The van der Waals surface area contributed by atoms with E-state index in [1.54, 1.807) is 0 Å². The summed E-state index contributed by atoms with van der Waals surface area (Å²) in [7, 11) is 0. The summed E-state index contributed by atoms with van der Waals surface area (Å²) in [5, 5.41) is 8.67. The van der Waals surface area contributed by atoms with Gasteiger partial charge in [-0.3, -0.25) is 9.59 Å². The van der Waals surface area contributed by atoms with Gasteiger partial charge in [-0.05, 0) is 18.2 Å². The minimum absolute atomic E-state index is 0.0236. The lowest BCUT2D eigenvalue weighted by atomic mass is 10.0. The van der Waals surface area contributed by atoms with Crippen molar-refractivity contribution in [2.75, 3.05) is 0 Å². The average molecular weight is 251 g/mol. The van der Waals surface area contributed by atoms with Gasteiger partial charge in [-0.15, -0.1) is 0 Å². The lowest BCUT2D eigenvalue weighted by Crippen LogP contribution is -2.22. The smallest absolute Gasteiger partial charge is 0.305 e. The summed E-state index contributed by atoms with van der Waals surface area (Å²) < 4.78 is 18.2. The maximum absolute atomic E-state index is 13.1. The molecular formula is C12H10FNO4. The van der Waals surface area contributed by atoms with E-state index in [2.05, 4.69) is 0 Å². The molecule has 2 aromatic rings. The number of nitrogens with two attached hydrogens (primary N) is 1. The lowest BCUT2D eigenvalue weighted by molar-refractivity contribution is -0.137. The van der Waals surface area contributed by atoms with Gasteiger partial charge >= 0.3 is 5.97 Å². The van der Waals surface area contributed by atoms with Gasteiger partial charge in [0.15, 0.2) is 5.43 Å². The summed E-state index contributed by atoms with van der Waals surface area (Å²) in [5.74, 6) is -1.69. The van der Waals surface area contributed by atoms with Crippen LogP contribution in [0.4, 0.5) is 4.39 Å². The molecule has 0 saturated carbocycles. The molecule has 1 aromatic carbocycles. The maximum atomic E-state index is 13.1. The van der Waals surface area contributed by atoms with Crippen LogP contribution in [0.2, 0.25) is 0 Å². The molecule has 18 heavy (non-hydrogen) atoms. The molecule has 0 spiro atoms. The zero-order chi connectivity index (χ0) is 13.3. The molecular weight excluding hydrogens is 241 g/mol. The quantitative estimate of drug-likeness (QED) is 0.860. The highest BCUT2D eigenvalue weighted by molar-refractivity contribution is 5.77. The van der Waals surface area contributed by atoms with Gasteiger partial charge in [-0.2, -0.15) is 0 Å². The molecule has 0 aliphatic rings. The molecule has 94 valence electrons. The Morgan fingerprint density at radius 3 is 2.89 bits per heavy atom. The van der Waals surface area contributed by atoms with Crippen LogP contribution in [-0.2, 0) is 4.79 Å². The van der Waals surface area contributed by atoms with Crippen molar-refractivity contribution < 1.29 is 18.7 Å². The Hall–Kier alpha value is -2.21. The summed E-state index contributed by atoms with van der Waals surface area (Å²) in [6.45, 7) is 0. The molecule has 5 nitrogen and oxygen atoms in total. The van der Waals surface area contributed by atoms with Gasteiger partial charge in [-0.1, -0.05) is 0 Å². The van der Waals surface area contributed by atoms with Crippen LogP contribution in [0, 0.1) is 5.82 Å². The average Bonchev–Trinajstić information content (AvgIpc) is 2.29. The van der Waals surface area contributed by atoms with E-state index in [-0.39, 0.29) is 16.5 Å². The molecule has 0 fully saturated rings. The zero-order valence-corrected chi connectivity index (χ0v) is 9.22. The number of carbonyl (C=O) groups is 1. The summed E-state index contributed by atoms with van der Waals surface area (Å²) >= 11 is 0. The standard InChI is InChI=1S/C12H10FNO4/c13-6-1-2-10-7(3-6)12(17)8(5-18-10)9(14)4-11(15)16/h1-3,5,9H,4,14H2,(H,15,16). The molecule has 0 bridgehead atoms. The van der Waals surface area contributed by atoms with E-state index >= 15 is 0 Å². The van der Waals surface area contributed by atoms with Crippen LogP contribution in [0.5, 0.6) is 0 Å². The van der Waals surface area contributed by atoms with Crippen molar-refractivity contribution in [1.29, 1.82) is 0 Å². The first kappa shape index (κ1) is 12.3. The number of carboxylic acid groups (broad SMARTS) is 1. The Morgan fingerprint density at radius 2 is 2.22 bits per heavy atom. The Bertz CT molecular complexity index is 665. The third-order valence-corrected chi connectivity index (χ3v) is 2.56. The van der Waals surface area contributed by atoms with Crippen LogP contribution in [0.3, 0.4) is 0 Å². The number of rotatable bonds is 3. The van der Waals surface area contributed by atoms with Crippen LogP contribution in [0.25, 0.3) is 11.0 Å². The maximum Gasteiger partial charge on any atom is 0.305 e. The highest BCUT2D eigenvalue weighted by Crippen LogP contribution is 2.17. The van der Waals surface area contributed by atoms with E-state index in [1.807, 2.05) is 0 Å². The normalized spacial score (nSPS) is 12.6. The highest BCUT2D eigenvalue weighted by atomic mass is 19.1. The third-order valence-electron chi connectivity index (χ3n) is 2.56. The molecule has 6 heteroatoms. The molecule has 0 aliphatic heterocycles. The van der Waals surface area contributed by atoms with E-state index in [1.165, 1.54) is 12.1 Å². The van der Waals surface area contributed by atoms with Crippen molar-refractivity contribution >= 4 is 16.9 Å². The topological polar surface area (TPSA) is 93.5 Å². The van der Waals surface area contributed by atoms with Crippen molar-refractivity contribution in [1.82, 2.24) is 0 Å². The molecule has 1 heterocycles. The van der Waals surface area contributed by atoms with Crippen molar-refractivity contribution in [3.63, 3.8) is 0 Å².